The van der Waals surface area contributed by atoms with Crippen LogP contribution in [-0.2, 0) is 21.2 Å². The highest BCUT2D eigenvalue weighted by Crippen LogP contribution is 2.32. The molecule has 1 unspecified atom stereocenters. The normalized spacial score (nSPS) is 14.6. The first-order valence-corrected chi connectivity index (χ1v) is 13.1. The van der Waals surface area contributed by atoms with Gasteiger partial charge in [0.05, 0.1) is 34.3 Å². The van der Waals surface area contributed by atoms with Crippen molar-refractivity contribution in [1.29, 1.82) is 0 Å². The standard InChI is InChI=1S/C24H27FN4O3S2/c1-14(2)32-17-9-16(11-26-12-17)15-5-8-20(19(25)10-15)27-22(30)24(3,4)21-13-33-23(28-21)29-34(31)18-6-7-18/h5,8-14,18H,6-7H2,1-4H3,(H,27,30)(H,28,29). The molecule has 2 aromatic heterocycles. The smallest absolute Gasteiger partial charge is 0.236 e. The SMILES string of the molecule is CC(C)Oc1cncc(-c2ccc(NC(=O)C(C)(C)c3csc(NS(=O)C4CC4)n3)c(F)c2)c1. The van der Waals surface area contributed by atoms with Gasteiger partial charge in [0.1, 0.15) is 22.6 Å². The Balaban J connectivity index is 1.46. The molecule has 3 aromatic rings. The first-order valence-electron chi connectivity index (χ1n) is 11.0. The van der Waals surface area contributed by atoms with Gasteiger partial charge in [0.25, 0.3) is 0 Å². The highest BCUT2D eigenvalue weighted by atomic mass is 32.2. The van der Waals surface area contributed by atoms with E-state index in [9.17, 15) is 13.4 Å². The van der Waals surface area contributed by atoms with E-state index in [0.29, 0.717) is 27.7 Å². The molecule has 1 saturated carbocycles. The van der Waals surface area contributed by atoms with Crippen LogP contribution in [-0.4, -0.2) is 31.4 Å². The summed E-state index contributed by atoms with van der Waals surface area (Å²) in [6, 6.07) is 6.41. The quantitative estimate of drug-likeness (QED) is 0.415. The molecule has 4 rings (SSSR count). The van der Waals surface area contributed by atoms with Gasteiger partial charge in [-0.25, -0.2) is 13.6 Å². The van der Waals surface area contributed by atoms with Crippen molar-refractivity contribution in [2.45, 2.75) is 57.3 Å². The van der Waals surface area contributed by atoms with Gasteiger partial charge in [-0.3, -0.25) is 14.5 Å². The predicted molar refractivity (Wildman–Crippen MR) is 134 cm³/mol. The lowest BCUT2D eigenvalue weighted by atomic mass is 9.89. The third kappa shape index (κ3) is 5.61. The Morgan fingerprint density at radius 2 is 2.00 bits per heavy atom. The molecule has 34 heavy (non-hydrogen) atoms. The summed E-state index contributed by atoms with van der Waals surface area (Å²) in [6.07, 6.45) is 5.14. The Bertz CT molecular complexity index is 1220. The number of carbonyl (C=O) groups is 1. The molecular weight excluding hydrogens is 475 g/mol. The van der Waals surface area contributed by atoms with Gasteiger partial charge in [-0.05, 0) is 64.3 Å². The largest absolute Gasteiger partial charge is 0.489 e. The number of thiazole rings is 1. The molecule has 1 atom stereocenters. The number of rotatable bonds is 9. The third-order valence-electron chi connectivity index (χ3n) is 5.36. The van der Waals surface area contributed by atoms with Crippen LogP contribution in [0.1, 0.15) is 46.2 Å². The number of carbonyl (C=O) groups excluding carboxylic acids is 1. The van der Waals surface area contributed by atoms with E-state index in [-0.39, 0.29) is 17.0 Å². The van der Waals surface area contributed by atoms with E-state index >= 15 is 0 Å². The minimum atomic E-state index is -1.16. The monoisotopic (exact) mass is 502 g/mol. The number of nitrogens with zero attached hydrogens (tertiary/aromatic N) is 2. The van der Waals surface area contributed by atoms with Crippen LogP contribution >= 0.6 is 11.3 Å². The van der Waals surface area contributed by atoms with Gasteiger partial charge in [0.2, 0.25) is 5.91 Å². The lowest BCUT2D eigenvalue weighted by Crippen LogP contribution is -2.35. The second-order valence-electron chi connectivity index (χ2n) is 8.99. The van der Waals surface area contributed by atoms with Crippen LogP contribution in [0.5, 0.6) is 5.75 Å². The fourth-order valence-electron chi connectivity index (χ4n) is 3.16. The first-order chi connectivity index (χ1) is 16.1. The van der Waals surface area contributed by atoms with E-state index in [4.69, 9.17) is 4.74 Å². The third-order valence-corrected chi connectivity index (χ3v) is 7.72. The molecule has 180 valence electrons. The van der Waals surface area contributed by atoms with E-state index in [1.165, 1.54) is 23.5 Å². The maximum Gasteiger partial charge on any atom is 0.236 e. The summed E-state index contributed by atoms with van der Waals surface area (Å²) in [5.74, 6) is -0.351. The van der Waals surface area contributed by atoms with Crippen molar-refractivity contribution < 1.29 is 18.1 Å². The lowest BCUT2D eigenvalue weighted by molar-refractivity contribution is -0.120. The van der Waals surface area contributed by atoms with Crippen molar-refractivity contribution in [3.63, 3.8) is 0 Å². The molecule has 0 spiro atoms. The Morgan fingerprint density at radius 1 is 1.24 bits per heavy atom. The Labute approximate surface area is 204 Å². The Morgan fingerprint density at radius 3 is 2.68 bits per heavy atom. The number of pyridine rings is 1. The van der Waals surface area contributed by atoms with Crippen molar-refractivity contribution in [2.75, 3.05) is 10.0 Å². The van der Waals surface area contributed by atoms with E-state index in [1.807, 2.05) is 13.8 Å². The number of benzene rings is 1. The highest BCUT2D eigenvalue weighted by molar-refractivity contribution is 7.87. The Kier molecular flexibility index (Phi) is 6.99. The van der Waals surface area contributed by atoms with Crippen molar-refractivity contribution in [1.82, 2.24) is 9.97 Å². The van der Waals surface area contributed by atoms with Crippen LogP contribution in [0.15, 0.2) is 42.0 Å². The van der Waals surface area contributed by atoms with Crippen LogP contribution in [0.3, 0.4) is 0 Å². The summed E-state index contributed by atoms with van der Waals surface area (Å²) >= 11 is 1.30. The zero-order valence-corrected chi connectivity index (χ0v) is 21.1. The van der Waals surface area contributed by atoms with Crippen LogP contribution < -0.4 is 14.8 Å². The number of hydrogen-bond acceptors (Lipinski definition) is 6. The molecule has 0 bridgehead atoms. The van der Waals surface area contributed by atoms with Crippen LogP contribution in [0.4, 0.5) is 15.2 Å². The van der Waals surface area contributed by atoms with Gasteiger partial charge in [0.15, 0.2) is 5.13 Å². The number of amides is 1. The summed E-state index contributed by atoms with van der Waals surface area (Å²) < 4.78 is 35.5. The molecule has 1 aromatic carbocycles. The average Bonchev–Trinajstić information content (AvgIpc) is 3.53. The van der Waals surface area contributed by atoms with Gasteiger partial charge in [-0.2, -0.15) is 0 Å². The van der Waals surface area contributed by atoms with Gasteiger partial charge in [0, 0.05) is 17.1 Å². The number of hydrogen-bond donors (Lipinski definition) is 2. The zero-order chi connectivity index (χ0) is 24.5. The molecule has 0 saturated heterocycles. The highest BCUT2D eigenvalue weighted by Gasteiger charge is 2.34. The summed E-state index contributed by atoms with van der Waals surface area (Å²) in [5, 5.41) is 5.11. The number of anilines is 2. The molecule has 1 aliphatic rings. The summed E-state index contributed by atoms with van der Waals surface area (Å²) in [4.78, 5) is 21.6. The number of halogens is 1. The molecule has 1 amide bonds. The van der Waals surface area contributed by atoms with E-state index in [2.05, 4.69) is 20.0 Å². The zero-order valence-electron chi connectivity index (χ0n) is 19.4. The van der Waals surface area contributed by atoms with Crippen molar-refractivity contribution >= 4 is 39.0 Å². The summed E-state index contributed by atoms with van der Waals surface area (Å²) in [5.41, 5.74) is 0.912. The molecule has 0 radical (unpaired) electrons. The van der Waals surface area contributed by atoms with Gasteiger partial charge in [-0.1, -0.05) is 6.07 Å². The predicted octanol–water partition coefficient (Wildman–Crippen LogP) is 5.29. The second-order valence-corrected chi connectivity index (χ2v) is 11.3. The van der Waals surface area contributed by atoms with Crippen LogP contribution in [0.25, 0.3) is 11.1 Å². The average molecular weight is 503 g/mol. The molecule has 1 aliphatic carbocycles. The maximum atomic E-state index is 14.9. The number of nitrogens with one attached hydrogen (secondary N) is 2. The van der Waals surface area contributed by atoms with Crippen molar-refractivity contribution in [3.05, 3.63) is 53.6 Å². The molecule has 7 nitrogen and oxygen atoms in total. The topological polar surface area (TPSA) is 93.2 Å². The molecule has 2 heterocycles. The number of ether oxygens (including phenoxy) is 1. The molecule has 10 heteroatoms. The summed E-state index contributed by atoms with van der Waals surface area (Å²) in [7, 11) is -1.16. The van der Waals surface area contributed by atoms with E-state index in [1.54, 1.807) is 43.8 Å². The Hall–Kier alpha value is -2.85. The summed E-state index contributed by atoms with van der Waals surface area (Å²) in [6.45, 7) is 7.28. The van der Waals surface area contributed by atoms with Crippen molar-refractivity contribution in [2.24, 2.45) is 0 Å². The van der Waals surface area contributed by atoms with Crippen LogP contribution in [0.2, 0.25) is 0 Å². The van der Waals surface area contributed by atoms with Gasteiger partial charge in [-0.15, -0.1) is 11.3 Å². The molecule has 1 fully saturated rings. The van der Waals surface area contributed by atoms with E-state index in [0.717, 1.165) is 12.8 Å². The minimum Gasteiger partial charge on any atom is -0.489 e. The van der Waals surface area contributed by atoms with Gasteiger partial charge < -0.3 is 10.1 Å². The fourth-order valence-corrected chi connectivity index (χ4v) is 5.27. The number of aromatic nitrogens is 2. The maximum absolute atomic E-state index is 14.9. The second kappa shape index (κ2) is 9.79. The van der Waals surface area contributed by atoms with Gasteiger partial charge >= 0.3 is 0 Å². The fraction of sp³-hybridized carbons (Fsp3) is 0.375. The lowest BCUT2D eigenvalue weighted by Gasteiger charge is -2.22. The van der Waals surface area contributed by atoms with E-state index < -0.39 is 28.1 Å². The molecular formula is C24H27FN4O3S2. The minimum absolute atomic E-state index is 0.000321. The molecule has 0 aliphatic heterocycles. The van der Waals surface area contributed by atoms with Crippen LogP contribution in [0, 0.1) is 5.82 Å². The molecule has 2 N–H and O–H groups in total. The van der Waals surface area contributed by atoms with Crippen molar-refractivity contribution in [3.8, 4) is 16.9 Å². The first kappa shape index (κ1) is 24.3.